The highest BCUT2D eigenvalue weighted by molar-refractivity contribution is 5.98. The maximum Gasteiger partial charge on any atom is 0.192 e. The van der Waals surface area contributed by atoms with Crippen molar-refractivity contribution >= 4 is 22.4 Å². The van der Waals surface area contributed by atoms with E-state index in [9.17, 15) is 0 Å². The smallest absolute Gasteiger partial charge is 0.192 e. The van der Waals surface area contributed by atoms with Crippen LogP contribution in [0, 0.1) is 13.8 Å². The number of aromatic nitrogens is 5. The van der Waals surface area contributed by atoms with Crippen molar-refractivity contribution < 1.29 is 9.57 Å². The Morgan fingerprint density at radius 3 is 2.58 bits per heavy atom. The number of hydrogen-bond donors (Lipinski definition) is 0. The van der Waals surface area contributed by atoms with Crippen LogP contribution in [-0.4, -0.2) is 62.5 Å². The number of benzene rings is 1. The Labute approximate surface area is 193 Å². The average Bonchev–Trinajstić information content (AvgIpc) is 3.32. The number of fused-ring (bicyclic) bond motifs is 3. The number of nitrogens with zero attached hydrogens (tertiary/aromatic N) is 7. The fourth-order valence-electron chi connectivity index (χ4n) is 3.93. The van der Waals surface area contributed by atoms with Gasteiger partial charge in [-0.2, -0.15) is 0 Å². The van der Waals surface area contributed by atoms with E-state index in [2.05, 4.69) is 47.7 Å². The quantitative estimate of drug-likeness (QED) is 0.287. The number of ether oxygens (including phenoxy) is 1. The van der Waals surface area contributed by atoms with Crippen molar-refractivity contribution in [2.75, 3.05) is 27.7 Å². The fraction of sp³-hybridized carbons (Fsp3) is 0.417. The molecule has 0 atom stereocenters. The van der Waals surface area contributed by atoms with E-state index in [-0.39, 0.29) is 6.61 Å². The monoisotopic (exact) mass is 449 g/mol. The molecular formula is C24H31N7O2. The van der Waals surface area contributed by atoms with Crippen LogP contribution in [0.25, 0.3) is 16.7 Å². The van der Waals surface area contributed by atoms with Crippen molar-refractivity contribution in [1.82, 2.24) is 29.0 Å². The van der Waals surface area contributed by atoms with Crippen LogP contribution in [0.3, 0.4) is 0 Å². The summed E-state index contributed by atoms with van der Waals surface area (Å²) in [6, 6.07) is 7.68. The summed E-state index contributed by atoms with van der Waals surface area (Å²) in [4.78, 5) is 17.2. The van der Waals surface area contributed by atoms with E-state index in [1.165, 1.54) is 11.3 Å². The van der Waals surface area contributed by atoms with E-state index in [0.29, 0.717) is 5.82 Å². The summed E-state index contributed by atoms with van der Waals surface area (Å²) in [6.45, 7) is 8.29. The molecule has 3 aromatic heterocycles. The summed E-state index contributed by atoms with van der Waals surface area (Å²) in [5, 5.41) is 9.80. The van der Waals surface area contributed by atoms with Crippen molar-refractivity contribution in [3.63, 3.8) is 0 Å². The first-order chi connectivity index (χ1) is 15.9. The number of rotatable bonds is 9. The molecule has 9 heteroatoms. The van der Waals surface area contributed by atoms with Gasteiger partial charge in [0.1, 0.15) is 17.7 Å². The highest BCUT2D eigenvalue weighted by atomic mass is 16.6. The van der Waals surface area contributed by atoms with Crippen LogP contribution >= 0.6 is 0 Å². The Hall–Kier alpha value is -3.46. The Morgan fingerprint density at radius 2 is 1.88 bits per heavy atom. The molecule has 1 aromatic carbocycles. The normalized spacial score (nSPS) is 12.3. The summed E-state index contributed by atoms with van der Waals surface area (Å²) in [5.41, 5.74) is 5.87. The molecule has 4 rings (SSSR count). The molecule has 33 heavy (non-hydrogen) atoms. The van der Waals surface area contributed by atoms with Crippen molar-refractivity contribution in [1.29, 1.82) is 0 Å². The molecule has 0 radical (unpaired) electrons. The lowest BCUT2D eigenvalue weighted by Gasteiger charge is -2.11. The first-order valence-electron chi connectivity index (χ1n) is 11.0. The summed E-state index contributed by atoms with van der Waals surface area (Å²) < 4.78 is 9.19. The van der Waals surface area contributed by atoms with Gasteiger partial charge in [0.15, 0.2) is 18.1 Å². The lowest BCUT2D eigenvalue weighted by atomic mass is 10.1. The SMILES string of the molecule is COc1ccc(/C(C)=N/OCc2nc3c4c(C)c(C)n(CCCN(C)C)c4ncn3n2)cc1. The zero-order chi connectivity index (χ0) is 23.5. The topological polar surface area (TPSA) is 82.1 Å². The minimum Gasteiger partial charge on any atom is -0.497 e. The molecule has 3 heterocycles. The maximum absolute atomic E-state index is 5.56. The lowest BCUT2D eigenvalue weighted by Crippen LogP contribution is -2.15. The van der Waals surface area contributed by atoms with Crippen LogP contribution in [0.15, 0.2) is 35.7 Å². The standard InChI is InChI=1S/C24H31N7O2/c1-16-18(3)30(13-7-12-29(4)5)23-22(16)24-26-21(27-31(24)15-25-23)14-33-28-17(2)19-8-10-20(32-6)11-9-19/h8-11,15H,7,12-14H2,1-6H3/b28-17+. The largest absolute Gasteiger partial charge is 0.497 e. The van der Waals surface area contributed by atoms with Gasteiger partial charge in [-0.05, 0) is 83.2 Å². The van der Waals surface area contributed by atoms with Gasteiger partial charge in [-0.15, -0.1) is 5.10 Å². The zero-order valence-corrected chi connectivity index (χ0v) is 20.2. The molecule has 0 amide bonds. The molecule has 0 saturated heterocycles. The Morgan fingerprint density at radius 1 is 1.12 bits per heavy atom. The number of hydrogen-bond acceptors (Lipinski definition) is 7. The van der Waals surface area contributed by atoms with Gasteiger partial charge in [0.2, 0.25) is 0 Å². The van der Waals surface area contributed by atoms with Gasteiger partial charge in [0, 0.05) is 12.2 Å². The van der Waals surface area contributed by atoms with Gasteiger partial charge in [-0.25, -0.2) is 14.5 Å². The molecule has 0 spiro atoms. The molecule has 0 aliphatic heterocycles. The Bertz CT molecular complexity index is 1290. The molecule has 174 valence electrons. The maximum atomic E-state index is 5.56. The zero-order valence-electron chi connectivity index (χ0n) is 20.2. The average molecular weight is 450 g/mol. The fourth-order valence-corrected chi connectivity index (χ4v) is 3.93. The molecule has 0 unspecified atom stereocenters. The molecular weight excluding hydrogens is 418 g/mol. The highest BCUT2D eigenvalue weighted by Gasteiger charge is 2.18. The van der Waals surface area contributed by atoms with Crippen LogP contribution < -0.4 is 4.74 Å². The van der Waals surface area contributed by atoms with E-state index >= 15 is 0 Å². The van der Waals surface area contributed by atoms with Gasteiger partial charge in [-0.1, -0.05) is 5.16 Å². The van der Waals surface area contributed by atoms with E-state index in [4.69, 9.17) is 19.5 Å². The minimum atomic E-state index is 0.179. The number of oxime groups is 1. The van der Waals surface area contributed by atoms with Gasteiger partial charge in [0.05, 0.1) is 18.2 Å². The first kappa shape index (κ1) is 22.7. The third-order valence-corrected chi connectivity index (χ3v) is 5.88. The summed E-state index contributed by atoms with van der Waals surface area (Å²) in [7, 11) is 5.83. The predicted molar refractivity (Wildman–Crippen MR) is 129 cm³/mol. The lowest BCUT2D eigenvalue weighted by molar-refractivity contribution is 0.125. The second-order valence-electron chi connectivity index (χ2n) is 8.44. The predicted octanol–water partition coefficient (Wildman–Crippen LogP) is 3.60. The van der Waals surface area contributed by atoms with Crippen molar-refractivity contribution in [3.05, 3.63) is 53.2 Å². The van der Waals surface area contributed by atoms with Gasteiger partial charge in [0.25, 0.3) is 0 Å². The Balaban J connectivity index is 1.54. The molecule has 0 fully saturated rings. The number of methoxy groups -OCH3 is 1. The van der Waals surface area contributed by atoms with Crippen molar-refractivity contribution in [3.8, 4) is 5.75 Å². The molecule has 0 saturated carbocycles. The molecule has 9 nitrogen and oxygen atoms in total. The summed E-state index contributed by atoms with van der Waals surface area (Å²) >= 11 is 0. The van der Waals surface area contributed by atoms with Gasteiger partial charge < -0.3 is 19.0 Å². The third-order valence-electron chi connectivity index (χ3n) is 5.88. The van der Waals surface area contributed by atoms with Gasteiger partial charge in [-0.3, -0.25) is 0 Å². The highest BCUT2D eigenvalue weighted by Crippen LogP contribution is 2.27. The minimum absolute atomic E-state index is 0.179. The van der Waals surface area contributed by atoms with E-state index in [1.807, 2.05) is 31.2 Å². The van der Waals surface area contributed by atoms with Crippen LogP contribution in [-0.2, 0) is 18.0 Å². The second kappa shape index (κ2) is 9.58. The first-order valence-corrected chi connectivity index (χ1v) is 11.0. The van der Waals surface area contributed by atoms with E-state index in [0.717, 1.165) is 53.2 Å². The van der Waals surface area contributed by atoms with E-state index in [1.54, 1.807) is 18.0 Å². The second-order valence-corrected chi connectivity index (χ2v) is 8.44. The Kier molecular flexibility index (Phi) is 6.60. The molecule has 0 aliphatic rings. The van der Waals surface area contributed by atoms with E-state index < -0.39 is 0 Å². The van der Waals surface area contributed by atoms with Crippen molar-refractivity contribution in [2.24, 2.45) is 5.16 Å². The van der Waals surface area contributed by atoms with Crippen LogP contribution in [0.2, 0.25) is 0 Å². The van der Waals surface area contributed by atoms with Crippen LogP contribution in [0.5, 0.6) is 5.75 Å². The summed E-state index contributed by atoms with van der Waals surface area (Å²) in [5.74, 6) is 1.37. The molecule has 4 aromatic rings. The molecule has 0 aliphatic carbocycles. The molecule has 0 N–H and O–H groups in total. The van der Waals surface area contributed by atoms with Crippen molar-refractivity contribution in [2.45, 2.75) is 40.3 Å². The summed E-state index contributed by atoms with van der Waals surface area (Å²) in [6.07, 6.45) is 2.78. The van der Waals surface area contributed by atoms with Crippen LogP contribution in [0.4, 0.5) is 0 Å². The number of aryl methyl sites for hydroxylation is 2. The molecule has 0 bridgehead atoms. The van der Waals surface area contributed by atoms with Crippen LogP contribution in [0.1, 0.15) is 36.0 Å². The third kappa shape index (κ3) is 4.68. The van der Waals surface area contributed by atoms with Gasteiger partial charge >= 0.3 is 0 Å².